The lowest BCUT2D eigenvalue weighted by Gasteiger charge is -2.40. The molecule has 1 fully saturated rings. The Morgan fingerprint density at radius 2 is 1.69 bits per heavy atom. The maximum Gasteiger partial charge on any atom is 0.326 e. The summed E-state index contributed by atoms with van der Waals surface area (Å²) in [6.45, 7) is 7.51. The molecule has 0 radical (unpaired) electrons. The van der Waals surface area contributed by atoms with Crippen molar-refractivity contribution in [1.29, 1.82) is 0 Å². The first-order chi connectivity index (χ1) is 29.4. The van der Waals surface area contributed by atoms with Crippen LogP contribution in [0.15, 0.2) is 91.1 Å². The van der Waals surface area contributed by atoms with Crippen molar-refractivity contribution in [2.75, 3.05) is 18.5 Å². The van der Waals surface area contributed by atoms with Gasteiger partial charge < -0.3 is 24.8 Å². The number of aryl methyl sites for hydroxylation is 1. The summed E-state index contributed by atoms with van der Waals surface area (Å²) < 4.78 is 13.2. The number of aromatic nitrogens is 1. The second-order valence-corrected chi connectivity index (χ2v) is 17.7. The second kappa shape index (κ2) is 18.5. The van der Waals surface area contributed by atoms with E-state index in [1.165, 1.54) is 0 Å². The van der Waals surface area contributed by atoms with E-state index in [4.69, 9.17) is 32.7 Å². The minimum Gasteiger partial charge on any atom is -0.486 e. The van der Waals surface area contributed by atoms with Crippen LogP contribution >= 0.6 is 23.2 Å². The highest BCUT2D eigenvalue weighted by atomic mass is 35.5. The summed E-state index contributed by atoms with van der Waals surface area (Å²) in [6.07, 6.45) is 8.00. The van der Waals surface area contributed by atoms with Gasteiger partial charge in [-0.2, -0.15) is 0 Å². The van der Waals surface area contributed by atoms with Crippen LogP contribution in [-0.2, 0) is 29.0 Å². The summed E-state index contributed by atoms with van der Waals surface area (Å²) in [7, 11) is 2.09. The van der Waals surface area contributed by atoms with Crippen LogP contribution < -0.4 is 19.7 Å². The van der Waals surface area contributed by atoms with Crippen molar-refractivity contribution in [2.45, 2.75) is 109 Å². The maximum absolute atomic E-state index is 14.3. The maximum atomic E-state index is 14.3. The fourth-order valence-electron chi connectivity index (χ4n) is 9.26. The molecule has 1 aliphatic carbocycles. The zero-order chi connectivity index (χ0) is 42.8. The van der Waals surface area contributed by atoms with Crippen molar-refractivity contribution >= 4 is 40.8 Å². The normalized spacial score (nSPS) is 19.0. The summed E-state index contributed by atoms with van der Waals surface area (Å²) in [6, 6.07) is 26.8. The number of fused-ring (bicyclic) bond motifs is 2. The van der Waals surface area contributed by atoms with Crippen LogP contribution in [-0.4, -0.2) is 58.6 Å². The predicted octanol–water partition coefficient (Wildman–Crippen LogP) is 10.6. The number of rotatable bonds is 12. The number of aliphatic carboxylic acids is 1. The number of benzene rings is 4. The van der Waals surface area contributed by atoms with Crippen molar-refractivity contribution in [2.24, 2.45) is 0 Å². The largest absolute Gasteiger partial charge is 0.486 e. The van der Waals surface area contributed by atoms with Gasteiger partial charge in [-0.05, 0) is 127 Å². The first-order valence-corrected chi connectivity index (χ1v) is 22.3. The molecule has 5 aromatic rings. The molecule has 2 aliphatic heterocycles. The third kappa shape index (κ3) is 9.40. The zero-order valence-electron chi connectivity index (χ0n) is 35.3. The van der Waals surface area contributed by atoms with Gasteiger partial charge in [-0.15, -0.1) is 0 Å². The number of hydrogen-bond donors (Lipinski definition) is 2. The molecule has 3 heterocycles. The molecule has 4 aromatic carbocycles. The third-order valence-electron chi connectivity index (χ3n) is 12.9. The number of ether oxygens (including phenoxy) is 2. The Labute approximate surface area is 369 Å². The number of amides is 1. The van der Waals surface area contributed by atoms with E-state index in [9.17, 15) is 14.7 Å². The summed E-state index contributed by atoms with van der Waals surface area (Å²) in [5.41, 5.74) is 10.4. The molecule has 4 atom stereocenters. The van der Waals surface area contributed by atoms with E-state index < -0.39 is 18.1 Å². The summed E-state index contributed by atoms with van der Waals surface area (Å²) in [4.78, 5) is 35.9. The number of anilines is 1. The van der Waals surface area contributed by atoms with E-state index in [-0.39, 0.29) is 30.6 Å². The van der Waals surface area contributed by atoms with E-state index >= 15 is 0 Å². The Morgan fingerprint density at radius 1 is 0.934 bits per heavy atom. The first-order valence-electron chi connectivity index (χ1n) is 21.5. The van der Waals surface area contributed by atoms with Crippen molar-refractivity contribution in [3.8, 4) is 22.6 Å². The minimum atomic E-state index is -1.06. The van der Waals surface area contributed by atoms with E-state index in [1.54, 1.807) is 12.3 Å². The molecule has 318 valence electrons. The second-order valence-electron chi connectivity index (χ2n) is 16.9. The molecule has 0 bridgehead atoms. The molecule has 1 aromatic heterocycles. The average molecular weight is 862 g/mol. The van der Waals surface area contributed by atoms with Crippen molar-refractivity contribution in [1.82, 2.24) is 15.2 Å². The molecular formula is C50H54Cl2N4O5. The van der Waals surface area contributed by atoms with Crippen molar-refractivity contribution in [3.05, 3.63) is 140 Å². The predicted molar refractivity (Wildman–Crippen MR) is 242 cm³/mol. The van der Waals surface area contributed by atoms with Gasteiger partial charge in [0.2, 0.25) is 5.91 Å². The number of nitrogens with one attached hydrogen (secondary N) is 1. The summed E-state index contributed by atoms with van der Waals surface area (Å²) in [5, 5.41) is 14.4. The highest BCUT2D eigenvalue weighted by Crippen LogP contribution is 2.42. The molecule has 61 heavy (non-hydrogen) atoms. The van der Waals surface area contributed by atoms with E-state index in [0.29, 0.717) is 23.0 Å². The number of carbonyl (C=O) groups excluding carboxylic acids is 1. The van der Waals surface area contributed by atoms with Gasteiger partial charge in [-0.3, -0.25) is 14.7 Å². The van der Waals surface area contributed by atoms with Crippen LogP contribution in [0.1, 0.15) is 96.7 Å². The van der Waals surface area contributed by atoms with Gasteiger partial charge in [-0.1, -0.05) is 85.4 Å². The Hall–Kier alpha value is -5.09. The van der Waals surface area contributed by atoms with E-state index in [2.05, 4.69) is 65.3 Å². The zero-order valence-corrected chi connectivity index (χ0v) is 36.8. The summed E-state index contributed by atoms with van der Waals surface area (Å²) in [5.74, 6) is 0.313. The van der Waals surface area contributed by atoms with Crippen LogP contribution in [0.2, 0.25) is 10.0 Å². The lowest BCUT2D eigenvalue weighted by Crippen LogP contribution is -2.56. The van der Waals surface area contributed by atoms with Gasteiger partial charge in [0, 0.05) is 50.9 Å². The van der Waals surface area contributed by atoms with Crippen LogP contribution in [0.5, 0.6) is 11.5 Å². The minimum absolute atomic E-state index is 0.158. The molecule has 1 amide bonds. The van der Waals surface area contributed by atoms with Crippen LogP contribution in [0, 0.1) is 13.8 Å². The number of carboxylic acid groups (broad SMARTS) is 1. The Morgan fingerprint density at radius 3 is 2.39 bits per heavy atom. The number of hydrogen-bond acceptors (Lipinski definition) is 7. The first kappa shape index (κ1) is 42.6. The molecule has 0 spiro atoms. The van der Waals surface area contributed by atoms with Gasteiger partial charge in [0.15, 0.2) is 0 Å². The number of carboxylic acids is 1. The van der Waals surface area contributed by atoms with E-state index in [0.717, 1.165) is 112 Å². The molecule has 11 heteroatoms. The number of halogens is 2. The molecular weight excluding hydrogens is 807 g/mol. The fourth-order valence-corrected chi connectivity index (χ4v) is 9.57. The molecule has 1 saturated carbocycles. The monoisotopic (exact) mass is 860 g/mol. The number of carbonyl (C=O) groups is 2. The standard InChI is InChI=1S/C50H54Cl2N4O5/c1-5-46(35-16-19-41(51)42(52)25-35)60-39-17-14-34(15-18-39)47-21-23-55(4)44-26-36-27-45(56(38-8-6-7-9-38)29-37(36)28-48(44)61-47)49(57)54-43(50(58)59)24-32-10-12-33(13-11-32)40-20-22-53-31(3)30(40)2/h10-20,22,25-26,28,38,43,45-47H,5-9,21,23-24,27,29H2,1-4H3,(H,54,57)(H,58,59)/t43-,45-,46+,47+/m0/s1. The molecule has 3 aliphatic rings. The van der Waals surface area contributed by atoms with Crippen molar-refractivity contribution in [3.63, 3.8) is 0 Å². The van der Waals surface area contributed by atoms with Gasteiger partial charge in [0.25, 0.3) is 0 Å². The van der Waals surface area contributed by atoms with Crippen molar-refractivity contribution < 1.29 is 24.2 Å². The van der Waals surface area contributed by atoms with Crippen LogP contribution in [0.4, 0.5) is 5.69 Å². The van der Waals surface area contributed by atoms with Crippen LogP contribution in [0.25, 0.3) is 11.1 Å². The highest BCUT2D eigenvalue weighted by Gasteiger charge is 2.39. The Bertz CT molecular complexity index is 2380. The Balaban J connectivity index is 0.980. The third-order valence-corrected chi connectivity index (χ3v) is 13.7. The molecule has 0 saturated heterocycles. The summed E-state index contributed by atoms with van der Waals surface area (Å²) >= 11 is 12.5. The SMILES string of the molecule is CC[C@@H](Oc1ccc([C@H]2CCN(C)c3cc4c(cc3O2)CN(C2CCCC2)[C@H](C(=O)N[C@@H](Cc2ccc(-c3ccnc(C)c3C)cc2)C(=O)O)C4)cc1)c1ccc(Cl)c(Cl)c1. The quantitative estimate of drug-likeness (QED) is 0.128. The molecule has 0 unspecified atom stereocenters. The fraction of sp³-hybridized carbons (Fsp3) is 0.380. The number of pyridine rings is 1. The number of nitrogens with zero attached hydrogens (tertiary/aromatic N) is 3. The van der Waals surface area contributed by atoms with E-state index in [1.807, 2.05) is 61.5 Å². The topological polar surface area (TPSA) is 104 Å². The Kier molecular flexibility index (Phi) is 12.9. The lowest BCUT2D eigenvalue weighted by molar-refractivity contribution is -0.143. The van der Waals surface area contributed by atoms with Crippen LogP contribution in [0.3, 0.4) is 0 Å². The molecule has 8 rings (SSSR count). The highest BCUT2D eigenvalue weighted by molar-refractivity contribution is 6.42. The lowest BCUT2D eigenvalue weighted by atomic mass is 9.90. The average Bonchev–Trinajstić information content (AvgIpc) is 3.75. The molecule has 9 nitrogen and oxygen atoms in total. The van der Waals surface area contributed by atoms with Gasteiger partial charge in [0.1, 0.15) is 29.7 Å². The molecule has 2 N–H and O–H groups in total. The smallest absolute Gasteiger partial charge is 0.326 e. The van der Waals surface area contributed by atoms with Gasteiger partial charge in [-0.25, -0.2) is 4.79 Å². The van der Waals surface area contributed by atoms with Gasteiger partial charge >= 0.3 is 5.97 Å². The van der Waals surface area contributed by atoms with Gasteiger partial charge in [0.05, 0.1) is 21.8 Å².